The molecule has 88 valence electrons. The van der Waals surface area contributed by atoms with Crippen molar-refractivity contribution in [1.82, 2.24) is 4.57 Å². The van der Waals surface area contributed by atoms with Gasteiger partial charge in [-0.3, -0.25) is 0 Å². The maximum atomic E-state index is 3.06. The van der Waals surface area contributed by atoms with Gasteiger partial charge in [0.15, 0.2) is 0 Å². The van der Waals surface area contributed by atoms with Crippen LogP contribution >= 0.6 is 0 Å². The van der Waals surface area contributed by atoms with E-state index in [0.717, 1.165) is 0 Å². The van der Waals surface area contributed by atoms with Gasteiger partial charge in [0, 0.05) is 22.7 Å². The van der Waals surface area contributed by atoms with E-state index in [-0.39, 0.29) is 0 Å². The molecular weight excluding hydrogens is 230 g/mol. The van der Waals surface area contributed by atoms with Crippen LogP contribution in [0.3, 0.4) is 0 Å². The summed E-state index contributed by atoms with van der Waals surface area (Å²) in [4.78, 5) is 0. The highest BCUT2D eigenvalue weighted by atomic mass is 15.0. The molecule has 0 spiro atoms. The fourth-order valence-corrected chi connectivity index (χ4v) is 2.66. The Morgan fingerprint density at radius 1 is 0.737 bits per heavy atom. The minimum absolute atomic E-state index is 1.17. The van der Waals surface area contributed by atoms with Gasteiger partial charge >= 0.3 is 0 Å². The van der Waals surface area contributed by atoms with Crippen LogP contribution in [-0.2, 0) is 0 Å². The van der Waals surface area contributed by atoms with Crippen molar-refractivity contribution < 1.29 is 0 Å². The molecule has 0 saturated carbocycles. The minimum Gasteiger partial charge on any atom is -0.309 e. The van der Waals surface area contributed by atoms with E-state index in [4.69, 9.17) is 0 Å². The third-order valence-electron chi connectivity index (χ3n) is 3.48. The van der Waals surface area contributed by atoms with Crippen molar-refractivity contribution >= 4 is 23.1 Å². The van der Waals surface area contributed by atoms with Crippen LogP contribution in [0.1, 0.15) is 11.3 Å². The van der Waals surface area contributed by atoms with E-state index in [9.17, 15) is 0 Å². The lowest BCUT2D eigenvalue weighted by Gasteiger charge is -2.08. The first-order chi connectivity index (χ1) is 9.45. The van der Waals surface area contributed by atoms with E-state index in [1.807, 2.05) is 18.2 Å². The highest BCUT2D eigenvalue weighted by Gasteiger charge is 2.15. The van der Waals surface area contributed by atoms with Crippen molar-refractivity contribution in [3.63, 3.8) is 0 Å². The van der Waals surface area contributed by atoms with Crippen LogP contribution in [0.5, 0.6) is 0 Å². The van der Waals surface area contributed by atoms with Crippen LogP contribution in [0.2, 0.25) is 0 Å². The van der Waals surface area contributed by atoms with Crippen LogP contribution in [0.25, 0.3) is 28.7 Å². The van der Waals surface area contributed by atoms with E-state index < -0.39 is 0 Å². The summed E-state index contributed by atoms with van der Waals surface area (Å²) in [6.45, 7) is 0. The van der Waals surface area contributed by atoms with Gasteiger partial charge < -0.3 is 4.57 Å². The largest absolute Gasteiger partial charge is 0.309 e. The molecule has 1 aromatic heterocycles. The van der Waals surface area contributed by atoms with E-state index >= 15 is 0 Å². The molecule has 1 heterocycles. The zero-order valence-corrected chi connectivity index (χ0v) is 10.3. The van der Waals surface area contributed by atoms with Crippen molar-refractivity contribution in [2.24, 2.45) is 0 Å². The third kappa shape index (κ3) is 1.44. The molecule has 0 aliphatic heterocycles. The quantitative estimate of drug-likeness (QED) is 0.435. The number of hydrogen-bond donors (Lipinski definition) is 0. The Morgan fingerprint density at radius 3 is 2.37 bits per heavy atom. The Balaban J connectivity index is 2.18. The second kappa shape index (κ2) is 3.90. The van der Waals surface area contributed by atoms with Crippen LogP contribution < -0.4 is 0 Å². The molecule has 0 saturated heterocycles. The molecule has 0 amide bonds. The van der Waals surface area contributed by atoms with Crippen molar-refractivity contribution in [3.8, 4) is 5.69 Å². The Hall–Kier alpha value is -2.72. The summed E-state index contributed by atoms with van der Waals surface area (Å²) in [6, 6.07) is 18.9. The number of fused-ring (bicyclic) bond motifs is 3. The number of rotatable bonds is 1. The van der Waals surface area contributed by atoms with Gasteiger partial charge in [0.25, 0.3) is 0 Å². The zero-order valence-electron chi connectivity index (χ0n) is 10.3. The van der Waals surface area contributed by atoms with E-state index in [1.165, 1.54) is 27.8 Å². The summed E-state index contributed by atoms with van der Waals surface area (Å²) in [5.74, 6) is 0. The smallest absolute Gasteiger partial charge is 0.0631 e. The second-order valence-electron chi connectivity index (χ2n) is 4.56. The molecule has 0 radical (unpaired) electrons. The molecule has 1 aliphatic carbocycles. The van der Waals surface area contributed by atoms with E-state index in [0.29, 0.717) is 0 Å². The molecule has 2 aromatic carbocycles. The monoisotopic (exact) mass is 241 g/mol. The van der Waals surface area contributed by atoms with Crippen molar-refractivity contribution in [2.75, 3.05) is 0 Å². The second-order valence-corrected chi connectivity index (χ2v) is 4.56. The normalized spacial score (nSPS) is 12.0. The summed E-state index contributed by atoms with van der Waals surface area (Å²) in [5, 5.41) is 1.26. The molecule has 0 bridgehead atoms. The topological polar surface area (TPSA) is 4.93 Å². The highest BCUT2D eigenvalue weighted by Crippen LogP contribution is 2.31. The van der Waals surface area contributed by atoms with Gasteiger partial charge in [0.2, 0.25) is 0 Å². The molecule has 0 unspecified atom stereocenters. The molecule has 1 nitrogen and oxygen atoms in total. The standard InChI is InChI=1S/C18H11N/c1-2-8-14(9-3-1)19-17-12-6-4-10-15(17)16-11-5-7-13-18(16)19/h1-4,6,8-13H. The number of para-hydroxylation sites is 2. The van der Waals surface area contributed by atoms with Crippen LogP contribution in [0.15, 0.2) is 66.1 Å². The first-order valence-corrected chi connectivity index (χ1v) is 6.31. The molecule has 0 N–H and O–H groups in total. The maximum Gasteiger partial charge on any atom is 0.0631 e. The molecule has 1 aliphatic rings. The molecule has 0 atom stereocenters. The van der Waals surface area contributed by atoms with Crippen LogP contribution in [-0.4, -0.2) is 4.57 Å². The Labute approximate surface area is 111 Å². The number of nitrogens with zero attached hydrogens (tertiary/aromatic N) is 1. The third-order valence-corrected chi connectivity index (χ3v) is 3.48. The predicted molar refractivity (Wildman–Crippen MR) is 79.2 cm³/mol. The summed E-state index contributed by atoms with van der Waals surface area (Å²) >= 11 is 0. The van der Waals surface area contributed by atoms with Gasteiger partial charge in [-0.15, -0.1) is 0 Å². The van der Waals surface area contributed by atoms with Crippen LogP contribution in [0, 0.1) is 0 Å². The van der Waals surface area contributed by atoms with Crippen LogP contribution in [0.4, 0.5) is 0 Å². The first kappa shape index (κ1) is 10.2. The number of benzene rings is 2. The molecule has 19 heavy (non-hydrogen) atoms. The van der Waals surface area contributed by atoms with E-state index in [2.05, 4.69) is 64.6 Å². The molecule has 4 rings (SSSR count). The molecular formula is C18H11N. The van der Waals surface area contributed by atoms with Gasteiger partial charge in [-0.25, -0.2) is 0 Å². The SMILES string of the molecule is C1=C=Cc2c(c3ccccc3n2-c2ccccc2)C=1. The number of aromatic nitrogens is 1. The fraction of sp³-hybridized carbons (Fsp3) is 0. The summed E-state index contributed by atoms with van der Waals surface area (Å²) in [7, 11) is 0. The predicted octanol–water partition coefficient (Wildman–Crippen LogP) is 4.42. The highest BCUT2D eigenvalue weighted by molar-refractivity contribution is 5.96. The fourth-order valence-electron chi connectivity index (χ4n) is 2.66. The molecule has 1 heteroatoms. The number of hydrogen-bond acceptors (Lipinski definition) is 0. The van der Waals surface area contributed by atoms with Crippen molar-refractivity contribution in [1.29, 1.82) is 0 Å². The average molecular weight is 241 g/mol. The summed E-state index contributed by atoms with van der Waals surface area (Å²) in [5.41, 5.74) is 10.9. The first-order valence-electron chi connectivity index (χ1n) is 6.31. The molecule has 0 fully saturated rings. The Morgan fingerprint density at radius 2 is 1.47 bits per heavy atom. The van der Waals surface area contributed by atoms with Gasteiger partial charge in [0.1, 0.15) is 0 Å². The summed E-state index contributed by atoms with van der Waals surface area (Å²) < 4.78 is 2.27. The zero-order chi connectivity index (χ0) is 12.7. The Kier molecular flexibility index (Phi) is 2.10. The van der Waals surface area contributed by atoms with Gasteiger partial charge in [-0.1, -0.05) is 47.9 Å². The average Bonchev–Trinajstić information content (AvgIpc) is 2.83. The Bertz CT molecular complexity index is 869. The van der Waals surface area contributed by atoms with E-state index in [1.54, 1.807) is 0 Å². The maximum absolute atomic E-state index is 3.06. The lowest BCUT2D eigenvalue weighted by atomic mass is 10.1. The van der Waals surface area contributed by atoms with Crippen molar-refractivity contribution in [3.05, 3.63) is 77.3 Å². The minimum atomic E-state index is 1.17. The van der Waals surface area contributed by atoms with Gasteiger partial charge in [0.05, 0.1) is 11.2 Å². The van der Waals surface area contributed by atoms with Gasteiger partial charge in [-0.05, 0) is 24.3 Å². The van der Waals surface area contributed by atoms with Gasteiger partial charge in [-0.2, -0.15) is 0 Å². The lowest BCUT2D eigenvalue weighted by Crippen LogP contribution is -1.96. The summed E-state index contributed by atoms with van der Waals surface area (Å²) in [6.07, 6.45) is 4.01. The van der Waals surface area contributed by atoms with Crippen molar-refractivity contribution in [2.45, 2.75) is 0 Å². The lowest BCUT2D eigenvalue weighted by molar-refractivity contribution is 1.10. The molecule has 3 aromatic rings.